The molecule has 0 bridgehead atoms. The van der Waals surface area contributed by atoms with E-state index in [9.17, 15) is 36.9 Å². The average molecular weight is 524 g/mol. The Labute approximate surface area is 208 Å². The van der Waals surface area contributed by atoms with Crippen molar-refractivity contribution in [3.63, 3.8) is 0 Å². The second-order valence-corrected chi connectivity index (χ2v) is 10.5. The Hall–Kier alpha value is -4.70. The van der Waals surface area contributed by atoms with Crippen molar-refractivity contribution in [3.8, 4) is 6.07 Å². The minimum atomic E-state index is -4.69. The van der Waals surface area contributed by atoms with Gasteiger partial charge in [-0.25, -0.2) is 17.2 Å². The molecule has 5 rings (SSSR count). The van der Waals surface area contributed by atoms with Crippen molar-refractivity contribution in [2.75, 3.05) is 15.6 Å². The fourth-order valence-corrected chi connectivity index (χ4v) is 6.71. The van der Waals surface area contributed by atoms with E-state index in [1.54, 1.807) is 12.1 Å². The van der Waals surface area contributed by atoms with E-state index in [-0.39, 0.29) is 17.8 Å². The van der Waals surface area contributed by atoms with Crippen molar-refractivity contribution in [1.82, 2.24) is 0 Å². The second-order valence-electron chi connectivity index (χ2n) is 8.39. The Morgan fingerprint density at radius 2 is 1.73 bits per heavy atom. The van der Waals surface area contributed by atoms with Gasteiger partial charge in [-0.05, 0) is 35.9 Å². The van der Waals surface area contributed by atoms with Gasteiger partial charge in [0.25, 0.3) is 16.5 Å². The third-order valence-electron chi connectivity index (χ3n) is 6.29. The Morgan fingerprint density at radius 3 is 2.35 bits per heavy atom. The van der Waals surface area contributed by atoms with Crippen molar-refractivity contribution in [2.45, 2.75) is 11.4 Å². The van der Waals surface area contributed by atoms with Gasteiger partial charge in [-0.15, -0.1) is 0 Å². The molecule has 2 amide bonds. The van der Waals surface area contributed by atoms with Crippen LogP contribution in [0.2, 0.25) is 0 Å². The fraction of sp³-hybridized carbons (Fsp3) is 0.125. The first-order valence-electron chi connectivity index (χ1n) is 10.6. The first kappa shape index (κ1) is 24.0. The van der Waals surface area contributed by atoms with Gasteiger partial charge >= 0.3 is 0 Å². The molecule has 1 fully saturated rings. The molecule has 2 aliphatic rings. The van der Waals surface area contributed by atoms with Gasteiger partial charge in [0.2, 0.25) is 5.91 Å². The summed E-state index contributed by atoms with van der Waals surface area (Å²) in [5.41, 5.74) is -0.462. The summed E-state index contributed by atoms with van der Waals surface area (Å²) in [4.78, 5) is 36.7. The van der Waals surface area contributed by atoms with E-state index in [1.807, 2.05) is 6.07 Å². The molecule has 3 aromatic rings. The van der Waals surface area contributed by atoms with Crippen LogP contribution in [-0.2, 0) is 30.8 Å². The maximum absolute atomic E-state index is 14.1. The lowest BCUT2D eigenvalue weighted by atomic mass is 10.0. The normalized spacial score (nSPS) is 19.8. The zero-order valence-corrected chi connectivity index (χ0v) is 19.4. The Kier molecular flexibility index (Phi) is 5.30. The van der Waals surface area contributed by atoms with Crippen LogP contribution in [0.4, 0.5) is 25.8 Å². The number of hydrogen-bond acceptors (Lipinski definition) is 7. The number of non-ortho nitro benzene ring substituents is 1. The topological polar surface area (TPSA) is 142 Å². The average Bonchev–Trinajstić information content (AvgIpc) is 3.23. The van der Waals surface area contributed by atoms with Crippen LogP contribution < -0.4 is 9.80 Å². The minimum absolute atomic E-state index is 0.00850. The number of sulfone groups is 1. The molecule has 37 heavy (non-hydrogen) atoms. The fourth-order valence-electron chi connectivity index (χ4n) is 4.69. The van der Waals surface area contributed by atoms with E-state index < -0.39 is 60.2 Å². The van der Waals surface area contributed by atoms with Gasteiger partial charge in [0.05, 0.1) is 28.8 Å². The lowest BCUT2D eigenvalue weighted by Gasteiger charge is -2.32. The van der Waals surface area contributed by atoms with Gasteiger partial charge in [0.15, 0.2) is 21.5 Å². The van der Waals surface area contributed by atoms with Crippen LogP contribution in [0.5, 0.6) is 0 Å². The number of nitro benzene ring substituents is 1. The number of halogens is 2. The smallest absolute Gasteiger partial charge is 0.274 e. The molecule has 1 saturated heterocycles. The van der Waals surface area contributed by atoms with Gasteiger partial charge in [-0.2, -0.15) is 5.26 Å². The quantitative estimate of drug-likeness (QED) is 0.377. The maximum Gasteiger partial charge on any atom is 0.274 e. The molecule has 0 N–H and O–H groups in total. The first-order chi connectivity index (χ1) is 17.5. The number of hydrogen-bond donors (Lipinski definition) is 0. The molecule has 13 heteroatoms. The van der Waals surface area contributed by atoms with E-state index in [0.717, 1.165) is 23.1 Å². The zero-order valence-electron chi connectivity index (χ0n) is 18.6. The van der Waals surface area contributed by atoms with Crippen LogP contribution in [0.1, 0.15) is 16.7 Å². The predicted molar refractivity (Wildman–Crippen MR) is 125 cm³/mol. The minimum Gasteiger partial charge on any atom is -0.304 e. The number of amides is 2. The van der Waals surface area contributed by atoms with Crippen LogP contribution >= 0.6 is 0 Å². The van der Waals surface area contributed by atoms with Crippen LogP contribution in [0, 0.1) is 33.1 Å². The second kappa shape index (κ2) is 8.17. The van der Waals surface area contributed by atoms with Crippen LogP contribution in [-0.4, -0.2) is 30.9 Å². The third kappa shape index (κ3) is 3.37. The highest BCUT2D eigenvalue weighted by atomic mass is 32.2. The number of rotatable bonds is 4. The number of nitro groups is 1. The summed E-state index contributed by atoms with van der Waals surface area (Å²) >= 11 is 0. The van der Waals surface area contributed by atoms with E-state index >= 15 is 0 Å². The lowest BCUT2D eigenvalue weighted by molar-refractivity contribution is -0.384. The summed E-state index contributed by atoms with van der Waals surface area (Å²) in [5, 5.41) is 20.6. The van der Waals surface area contributed by atoms with Crippen molar-refractivity contribution < 1.29 is 31.7 Å². The van der Waals surface area contributed by atoms with Gasteiger partial charge < -0.3 is 4.90 Å². The Balaban J connectivity index is 1.77. The monoisotopic (exact) mass is 524 g/mol. The highest BCUT2D eigenvalue weighted by Gasteiger charge is 2.70. The molecule has 2 aliphatic heterocycles. The van der Waals surface area contributed by atoms with Crippen molar-refractivity contribution >= 4 is 38.7 Å². The summed E-state index contributed by atoms with van der Waals surface area (Å²) in [6, 6.07) is 13.4. The molecule has 0 aliphatic carbocycles. The number of anilines is 2. The number of nitrogens with zero attached hydrogens (tertiary/aromatic N) is 4. The standard InChI is InChI=1S/C24H14F2N4O6S/c25-19-7-5-16(10-20(19)26)29-22(31)13-37(35,36)24(29)18-9-17(30(33)34)6-8-21(18)28(23(24)32)12-15-3-1-14(11-27)2-4-15/h1-10H,12-13H2/t24-/m1/s1. The number of carbonyl (C=O) groups excluding carboxylic acids is 2. The number of carbonyl (C=O) groups is 2. The van der Waals surface area contributed by atoms with Crippen molar-refractivity contribution in [3.05, 3.63) is 99.1 Å². The molecular formula is C24H14F2N4O6S. The Morgan fingerprint density at radius 1 is 1.03 bits per heavy atom. The van der Waals surface area contributed by atoms with Gasteiger partial charge in [0.1, 0.15) is 5.75 Å². The third-order valence-corrected chi connectivity index (χ3v) is 8.40. The van der Waals surface area contributed by atoms with E-state index in [2.05, 4.69) is 0 Å². The molecule has 3 aromatic carbocycles. The number of fused-ring (bicyclic) bond motifs is 2. The maximum atomic E-state index is 14.1. The van der Waals surface area contributed by atoms with Crippen LogP contribution in [0.3, 0.4) is 0 Å². The molecule has 0 unspecified atom stereocenters. The molecule has 0 saturated carbocycles. The van der Waals surface area contributed by atoms with Gasteiger partial charge in [-0.1, -0.05) is 12.1 Å². The largest absolute Gasteiger partial charge is 0.304 e. The molecule has 0 radical (unpaired) electrons. The molecule has 2 heterocycles. The lowest BCUT2D eigenvalue weighted by Crippen LogP contribution is -2.54. The SMILES string of the molecule is N#Cc1ccc(CN2C(=O)[C@]3(c4cc([N+](=O)[O-])ccc42)N(c2ccc(F)c(F)c2)C(=O)CS3(=O)=O)cc1. The molecule has 186 valence electrons. The van der Waals surface area contributed by atoms with Crippen LogP contribution in [0.25, 0.3) is 0 Å². The Bertz CT molecular complexity index is 1670. The summed E-state index contributed by atoms with van der Waals surface area (Å²) in [7, 11) is -4.69. The van der Waals surface area contributed by atoms with Gasteiger partial charge in [-0.3, -0.25) is 24.6 Å². The number of benzene rings is 3. The van der Waals surface area contributed by atoms with Crippen LogP contribution in [0.15, 0.2) is 60.7 Å². The summed E-state index contributed by atoms with van der Waals surface area (Å²) in [5.74, 6) is -5.97. The summed E-state index contributed by atoms with van der Waals surface area (Å²) in [6.45, 7) is -0.202. The summed E-state index contributed by atoms with van der Waals surface area (Å²) < 4.78 is 55.0. The molecule has 1 spiro atoms. The highest BCUT2D eigenvalue weighted by molar-refractivity contribution is 7.94. The zero-order chi connectivity index (χ0) is 26.7. The molecule has 0 aromatic heterocycles. The highest BCUT2D eigenvalue weighted by Crippen LogP contribution is 2.53. The number of nitriles is 1. The molecule has 10 nitrogen and oxygen atoms in total. The van der Waals surface area contributed by atoms with E-state index in [0.29, 0.717) is 28.2 Å². The van der Waals surface area contributed by atoms with E-state index in [1.165, 1.54) is 18.2 Å². The van der Waals surface area contributed by atoms with Gasteiger partial charge in [0, 0.05) is 29.4 Å². The molecule has 1 atom stereocenters. The van der Waals surface area contributed by atoms with Crippen molar-refractivity contribution in [2.24, 2.45) is 0 Å². The van der Waals surface area contributed by atoms with Crippen molar-refractivity contribution in [1.29, 1.82) is 5.26 Å². The predicted octanol–water partition coefficient (Wildman–Crippen LogP) is 2.91. The first-order valence-corrected chi connectivity index (χ1v) is 12.3. The summed E-state index contributed by atoms with van der Waals surface area (Å²) in [6.07, 6.45) is 0. The molecular weight excluding hydrogens is 510 g/mol. The van der Waals surface area contributed by atoms with E-state index in [4.69, 9.17) is 5.26 Å².